The molecule has 0 bridgehead atoms. The number of benzene rings is 3. The quantitative estimate of drug-likeness (QED) is 0.223. The molecule has 1 aliphatic rings. The first-order chi connectivity index (χ1) is 18.4. The maximum Gasteiger partial charge on any atom is 0.411 e. The van der Waals surface area contributed by atoms with Gasteiger partial charge in [-0.2, -0.15) is 26.3 Å². The van der Waals surface area contributed by atoms with Crippen LogP contribution in [0.5, 0.6) is 11.5 Å². The van der Waals surface area contributed by atoms with Crippen molar-refractivity contribution >= 4 is 5.78 Å². The number of hydrogen-bond donors (Lipinski definition) is 0. The molecule has 1 unspecified atom stereocenters. The Morgan fingerprint density at radius 3 is 1.72 bits per heavy atom. The average molecular weight is 547 g/mol. The van der Waals surface area contributed by atoms with Crippen molar-refractivity contribution in [2.75, 3.05) is 7.11 Å². The SMILES string of the molecule is COc1ccc(C(c2ccc(OC3C=CC(C(=O)c4ccc(C)cc4)=CC3)cc2)(C(F)(F)F)C(F)(F)F)cc1. The van der Waals surface area contributed by atoms with Gasteiger partial charge in [-0.15, -0.1) is 0 Å². The highest BCUT2D eigenvalue weighted by Gasteiger charge is 2.72. The van der Waals surface area contributed by atoms with E-state index in [0.29, 0.717) is 17.6 Å². The number of ether oxygens (including phenoxy) is 2. The standard InChI is InChI=1S/C30H24F6O3/c1-19-3-5-20(6-4-19)27(37)21-7-13-25(14-8-21)39-26-17-11-23(12-18-26)28(29(31,32)33,30(34,35)36)22-9-15-24(38-2)16-10-22/h3-13,15-18,25H,14H2,1-2H3. The zero-order valence-corrected chi connectivity index (χ0v) is 20.9. The summed E-state index contributed by atoms with van der Waals surface area (Å²) in [6.07, 6.45) is -6.74. The van der Waals surface area contributed by atoms with E-state index in [1.807, 2.05) is 19.1 Å². The number of carbonyl (C=O) groups is 1. The summed E-state index contributed by atoms with van der Waals surface area (Å²) in [6, 6.07) is 14.5. The van der Waals surface area contributed by atoms with Gasteiger partial charge in [0, 0.05) is 17.6 Å². The first kappa shape index (κ1) is 28.0. The fourth-order valence-corrected chi connectivity index (χ4v) is 4.51. The van der Waals surface area contributed by atoms with Gasteiger partial charge in [0.1, 0.15) is 17.6 Å². The highest BCUT2D eigenvalue weighted by Crippen LogP contribution is 2.56. The molecule has 0 N–H and O–H groups in total. The largest absolute Gasteiger partial charge is 0.497 e. The predicted molar refractivity (Wildman–Crippen MR) is 134 cm³/mol. The van der Waals surface area contributed by atoms with E-state index in [4.69, 9.17) is 9.47 Å². The fourth-order valence-electron chi connectivity index (χ4n) is 4.51. The number of allylic oxidation sites excluding steroid dienone is 2. The summed E-state index contributed by atoms with van der Waals surface area (Å²) in [5.74, 6) is 0.0466. The van der Waals surface area contributed by atoms with Gasteiger partial charge in [0.15, 0.2) is 5.78 Å². The van der Waals surface area contributed by atoms with E-state index in [1.54, 1.807) is 30.4 Å². The molecule has 3 nitrogen and oxygen atoms in total. The van der Waals surface area contributed by atoms with Crippen LogP contribution in [0.1, 0.15) is 33.5 Å². The molecule has 3 aromatic rings. The summed E-state index contributed by atoms with van der Waals surface area (Å²) >= 11 is 0. The van der Waals surface area contributed by atoms with Crippen molar-refractivity contribution in [3.8, 4) is 11.5 Å². The summed E-state index contributed by atoms with van der Waals surface area (Å²) in [5, 5.41) is 0. The lowest BCUT2D eigenvalue weighted by molar-refractivity contribution is -0.288. The highest BCUT2D eigenvalue weighted by molar-refractivity contribution is 6.10. The van der Waals surface area contributed by atoms with Crippen LogP contribution in [-0.4, -0.2) is 31.3 Å². The summed E-state index contributed by atoms with van der Waals surface area (Å²) in [4.78, 5) is 12.7. The molecule has 0 heterocycles. The van der Waals surface area contributed by atoms with Gasteiger partial charge in [-0.3, -0.25) is 4.79 Å². The minimum atomic E-state index is -5.69. The van der Waals surface area contributed by atoms with Crippen molar-refractivity contribution in [2.24, 2.45) is 0 Å². The molecular weight excluding hydrogens is 522 g/mol. The van der Waals surface area contributed by atoms with Gasteiger partial charge in [0.05, 0.1) is 7.11 Å². The lowest BCUT2D eigenvalue weighted by atomic mass is 9.73. The van der Waals surface area contributed by atoms with E-state index >= 15 is 0 Å². The molecule has 1 aliphatic carbocycles. The Labute approximate surface area is 221 Å². The summed E-state index contributed by atoms with van der Waals surface area (Å²) < 4.78 is 96.5. The third kappa shape index (κ3) is 5.44. The van der Waals surface area contributed by atoms with Crippen LogP contribution in [0.3, 0.4) is 0 Å². The number of halogens is 6. The second-order valence-electron chi connectivity index (χ2n) is 9.10. The summed E-state index contributed by atoms with van der Waals surface area (Å²) in [7, 11) is 1.26. The molecule has 0 saturated carbocycles. The van der Waals surface area contributed by atoms with Gasteiger partial charge in [0.25, 0.3) is 0 Å². The van der Waals surface area contributed by atoms with Crippen molar-refractivity contribution in [1.29, 1.82) is 0 Å². The van der Waals surface area contributed by atoms with Crippen LogP contribution < -0.4 is 9.47 Å². The lowest BCUT2D eigenvalue weighted by Gasteiger charge is -2.38. The zero-order chi connectivity index (χ0) is 28.4. The van der Waals surface area contributed by atoms with Crippen molar-refractivity contribution in [2.45, 2.75) is 37.2 Å². The van der Waals surface area contributed by atoms with E-state index in [9.17, 15) is 31.1 Å². The third-order valence-electron chi connectivity index (χ3n) is 6.58. The molecule has 1 atom stereocenters. The van der Waals surface area contributed by atoms with Gasteiger partial charge in [-0.05, 0) is 48.4 Å². The van der Waals surface area contributed by atoms with E-state index in [-0.39, 0.29) is 17.3 Å². The molecule has 0 aliphatic heterocycles. The predicted octanol–water partition coefficient (Wildman–Crippen LogP) is 7.93. The first-order valence-electron chi connectivity index (χ1n) is 11.9. The van der Waals surface area contributed by atoms with Crippen LogP contribution in [0.25, 0.3) is 0 Å². The Bertz CT molecular complexity index is 1350. The Kier molecular flexibility index (Phi) is 7.63. The monoisotopic (exact) mass is 546 g/mol. The van der Waals surface area contributed by atoms with Crippen molar-refractivity contribution in [3.63, 3.8) is 0 Å². The number of hydrogen-bond acceptors (Lipinski definition) is 3. The van der Waals surface area contributed by atoms with E-state index in [2.05, 4.69) is 0 Å². The van der Waals surface area contributed by atoms with Gasteiger partial charge >= 0.3 is 12.4 Å². The topological polar surface area (TPSA) is 35.5 Å². The number of methoxy groups -OCH3 is 1. The minimum Gasteiger partial charge on any atom is -0.497 e. The molecule has 9 heteroatoms. The smallest absolute Gasteiger partial charge is 0.411 e. The Morgan fingerprint density at radius 2 is 1.28 bits per heavy atom. The van der Waals surface area contributed by atoms with E-state index in [1.165, 1.54) is 7.11 Å². The number of ketones is 1. The van der Waals surface area contributed by atoms with Gasteiger partial charge in [-0.1, -0.05) is 66.2 Å². The normalized spacial score (nSPS) is 16.0. The first-order valence-corrected chi connectivity index (χ1v) is 11.9. The third-order valence-corrected chi connectivity index (χ3v) is 6.58. The van der Waals surface area contributed by atoms with Gasteiger partial charge in [-0.25, -0.2) is 0 Å². The van der Waals surface area contributed by atoms with Crippen molar-refractivity contribution in [3.05, 3.63) is 119 Å². The van der Waals surface area contributed by atoms with Crippen LogP contribution in [0.2, 0.25) is 0 Å². The van der Waals surface area contributed by atoms with E-state index < -0.39 is 35.0 Å². The van der Waals surface area contributed by atoms with Crippen LogP contribution in [0.15, 0.2) is 96.6 Å². The van der Waals surface area contributed by atoms with Crippen molar-refractivity contribution in [1.82, 2.24) is 0 Å². The van der Waals surface area contributed by atoms with Crippen LogP contribution in [-0.2, 0) is 5.41 Å². The van der Waals surface area contributed by atoms with Crippen LogP contribution in [0.4, 0.5) is 26.3 Å². The fraction of sp³-hybridized carbons (Fsp3) is 0.233. The Hall–Kier alpha value is -4.01. The number of Topliss-reactive ketones (excluding diaryl/α,β-unsaturated/α-hetero) is 1. The van der Waals surface area contributed by atoms with Gasteiger partial charge < -0.3 is 9.47 Å². The van der Waals surface area contributed by atoms with Crippen molar-refractivity contribution < 1.29 is 40.6 Å². The lowest BCUT2D eigenvalue weighted by Crippen LogP contribution is -2.54. The van der Waals surface area contributed by atoms with Crippen LogP contribution >= 0.6 is 0 Å². The molecule has 0 spiro atoms. The molecule has 4 rings (SSSR count). The molecule has 0 saturated heterocycles. The summed E-state index contributed by atoms with van der Waals surface area (Å²) in [6.45, 7) is 1.91. The highest BCUT2D eigenvalue weighted by atomic mass is 19.4. The summed E-state index contributed by atoms with van der Waals surface area (Å²) in [5.41, 5.74) is -4.22. The molecule has 0 radical (unpaired) electrons. The molecule has 0 aromatic heterocycles. The molecule has 3 aromatic carbocycles. The Morgan fingerprint density at radius 1 is 0.769 bits per heavy atom. The Balaban J connectivity index is 1.56. The second kappa shape index (κ2) is 10.6. The molecular formula is C30H24F6O3. The second-order valence-corrected chi connectivity index (χ2v) is 9.10. The molecule has 0 fully saturated rings. The zero-order valence-electron chi connectivity index (χ0n) is 20.9. The maximum atomic E-state index is 14.3. The average Bonchev–Trinajstić information content (AvgIpc) is 2.89. The molecule has 0 amide bonds. The minimum absolute atomic E-state index is 0.0862. The number of alkyl halides is 6. The maximum absolute atomic E-state index is 14.3. The number of aryl methyl sites for hydroxylation is 1. The molecule has 204 valence electrons. The van der Waals surface area contributed by atoms with Gasteiger partial charge in [0.2, 0.25) is 5.41 Å². The number of rotatable bonds is 7. The number of carbonyl (C=O) groups excluding carboxylic acids is 1. The van der Waals surface area contributed by atoms with Crippen LogP contribution in [0, 0.1) is 6.92 Å². The molecule has 39 heavy (non-hydrogen) atoms. The van der Waals surface area contributed by atoms with E-state index in [0.717, 1.165) is 54.1 Å².